The Bertz CT molecular complexity index is 688. The summed E-state index contributed by atoms with van der Waals surface area (Å²) in [7, 11) is 0. The summed E-state index contributed by atoms with van der Waals surface area (Å²) in [6.07, 6.45) is 0.986. The van der Waals surface area contributed by atoms with Crippen LogP contribution in [0.15, 0.2) is 36.5 Å². The third kappa shape index (κ3) is 4.03. The summed E-state index contributed by atoms with van der Waals surface area (Å²) in [6.45, 7) is 0. The molecule has 6 heteroatoms. The minimum atomic E-state index is -1.20. The van der Waals surface area contributed by atoms with E-state index in [1.165, 1.54) is 12.3 Å². The van der Waals surface area contributed by atoms with E-state index in [1.807, 2.05) is 0 Å². The summed E-state index contributed by atoms with van der Waals surface area (Å²) < 4.78 is 0. The molecule has 0 aliphatic rings. The van der Waals surface area contributed by atoms with Crippen LogP contribution < -0.4 is 0 Å². The number of halogens is 1. The van der Waals surface area contributed by atoms with Crippen molar-refractivity contribution in [2.75, 3.05) is 0 Å². The van der Waals surface area contributed by atoms with Crippen LogP contribution in [0.1, 0.15) is 32.8 Å². The van der Waals surface area contributed by atoms with Crippen LogP contribution in [0, 0.1) is 0 Å². The Kier molecular flexibility index (Phi) is 4.55. The van der Waals surface area contributed by atoms with Gasteiger partial charge in [0.25, 0.3) is 0 Å². The Labute approximate surface area is 125 Å². The van der Waals surface area contributed by atoms with Crippen molar-refractivity contribution in [3.05, 3.63) is 58.4 Å². The van der Waals surface area contributed by atoms with E-state index in [1.54, 1.807) is 24.3 Å². The number of H-pyrrole nitrogens is 1. The molecular weight excluding hydrogens is 294 g/mol. The normalized spacial score (nSPS) is 10.3. The summed E-state index contributed by atoms with van der Waals surface area (Å²) in [5, 5.41) is 9.16. The molecule has 108 valence electrons. The molecule has 0 fully saturated rings. The molecule has 1 aromatic heterocycles. The maximum Gasteiger partial charge on any atom is 0.311 e. The van der Waals surface area contributed by atoms with Crippen molar-refractivity contribution in [1.82, 2.24) is 4.98 Å². The highest BCUT2D eigenvalue weighted by Crippen LogP contribution is 2.13. The van der Waals surface area contributed by atoms with Gasteiger partial charge in [0.15, 0.2) is 11.6 Å². The number of carboxylic acid groups (broad SMARTS) is 1. The molecule has 2 rings (SSSR count). The number of hydrogen-bond acceptors (Lipinski definition) is 3. The fraction of sp³-hybridized carbons (Fsp3) is 0.133. The number of ketones is 2. The van der Waals surface area contributed by atoms with E-state index >= 15 is 0 Å². The first kappa shape index (κ1) is 15.0. The highest BCUT2D eigenvalue weighted by Gasteiger charge is 2.15. The van der Waals surface area contributed by atoms with Gasteiger partial charge in [-0.05, 0) is 23.8 Å². The SMILES string of the molecule is O=C(O)CC(=O)c1cc(C(=O)Cc2ccc(Cl)cc2)c[nH]1. The first-order valence-electron chi connectivity index (χ1n) is 6.17. The lowest BCUT2D eigenvalue weighted by molar-refractivity contribution is -0.135. The average molecular weight is 306 g/mol. The van der Waals surface area contributed by atoms with Crippen LogP contribution in [0.25, 0.3) is 0 Å². The number of aromatic nitrogens is 1. The van der Waals surface area contributed by atoms with Gasteiger partial charge in [-0.25, -0.2) is 0 Å². The Morgan fingerprint density at radius 3 is 2.38 bits per heavy atom. The van der Waals surface area contributed by atoms with Crippen molar-refractivity contribution in [1.29, 1.82) is 0 Å². The van der Waals surface area contributed by atoms with Gasteiger partial charge >= 0.3 is 5.97 Å². The maximum absolute atomic E-state index is 12.1. The molecule has 5 nitrogen and oxygen atoms in total. The zero-order valence-corrected chi connectivity index (χ0v) is 11.7. The second-order valence-corrected chi connectivity index (χ2v) is 4.96. The largest absolute Gasteiger partial charge is 0.481 e. The molecule has 1 heterocycles. The van der Waals surface area contributed by atoms with Crippen molar-refractivity contribution < 1.29 is 19.5 Å². The quantitative estimate of drug-likeness (QED) is 0.634. The first-order chi connectivity index (χ1) is 9.95. The molecule has 0 aliphatic heterocycles. The third-order valence-electron chi connectivity index (χ3n) is 2.90. The Hall–Kier alpha value is -2.40. The van der Waals surface area contributed by atoms with E-state index in [4.69, 9.17) is 16.7 Å². The van der Waals surface area contributed by atoms with Crippen LogP contribution >= 0.6 is 11.6 Å². The second-order valence-electron chi connectivity index (χ2n) is 4.52. The summed E-state index contributed by atoms with van der Waals surface area (Å²) in [5.41, 5.74) is 1.28. The van der Waals surface area contributed by atoms with Gasteiger partial charge in [-0.15, -0.1) is 0 Å². The predicted octanol–water partition coefficient (Wildman–Crippen LogP) is 2.75. The van der Waals surface area contributed by atoms with Crippen LogP contribution in [0.5, 0.6) is 0 Å². The third-order valence-corrected chi connectivity index (χ3v) is 3.15. The lowest BCUT2D eigenvalue weighted by Gasteiger charge is -1.99. The molecule has 0 saturated heterocycles. The molecule has 0 saturated carbocycles. The molecule has 2 N–H and O–H groups in total. The number of aliphatic carboxylic acids is 1. The topological polar surface area (TPSA) is 87.2 Å². The molecule has 0 spiro atoms. The van der Waals surface area contributed by atoms with Crippen molar-refractivity contribution in [3.8, 4) is 0 Å². The van der Waals surface area contributed by atoms with Crippen LogP contribution in [0.3, 0.4) is 0 Å². The molecule has 0 atom stereocenters. The minimum absolute atomic E-state index is 0.122. The van der Waals surface area contributed by atoms with E-state index in [0.717, 1.165) is 5.56 Å². The van der Waals surface area contributed by atoms with Gasteiger partial charge in [-0.1, -0.05) is 23.7 Å². The summed E-state index contributed by atoms with van der Waals surface area (Å²) in [6, 6.07) is 8.28. The van der Waals surface area contributed by atoms with E-state index in [9.17, 15) is 14.4 Å². The van der Waals surface area contributed by atoms with Crippen LogP contribution in [-0.2, 0) is 11.2 Å². The number of carboxylic acids is 1. The monoisotopic (exact) mass is 305 g/mol. The lowest BCUT2D eigenvalue weighted by Crippen LogP contribution is -2.07. The molecule has 0 bridgehead atoms. The summed E-state index contributed by atoms with van der Waals surface area (Å²) in [4.78, 5) is 36.7. The number of benzene rings is 1. The Morgan fingerprint density at radius 1 is 1.10 bits per heavy atom. The van der Waals surface area contributed by atoms with Gasteiger partial charge in [0.05, 0.1) is 5.69 Å². The molecule has 1 aromatic carbocycles. The highest BCUT2D eigenvalue weighted by atomic mass is 35.5. The molecule has 21 heavy (non-hydrogen) atoms. The van der Waals surface area contributed by atoms with Gasteiger partial charge in [0.1, 0.15) is 6.42 Å². The number of aromatic amines is 1. The van der Waals surface area contributed by atoms with Crippen LogP contribution in [0.4, 0.5) is 0 Å². The first-order valence-corrected chi connectivity index (χ1v) is 6.54. The van der Waals surface area contributed by atoms with Crippen molar-refractivity contribution in [3.63, 3.8) is 0 Å². The second kappa shape index (κ2) is 6.37. The molecule has 0 unspecified atom stereocenters. The molecule has 0 amide bonds. The standard InChI is InChI=1S/C15H12ClNO4/c16-11-3-1-9(2-4-11)5-13(18)10-6-12(17-8-10)14(19)7-15(20)21/h1-4,6,8,17H,5,7H2,(H,20,21). The average Bonchev–Trinajstić information content (AvgIpc) is 2.90. The minimum Gasteiger partial charge on any atom is -0.481 e. The van der Waals surface area contributed by atoms with Crippen molar-refractivity contribution in [2.45, 2.75) is 12.8 Å². The predicted molar refractivity (Wildman–Crippen MR) is 76.9 cm³/mol. The molecule has 0 radical (unpaired) electrons. The van der Waals surface area contributed by atoms with Gasteiger partial charge < -0.3 is 10.1 Å². The van der Waals surface area contributed by atoms with Gasteiger partial charge in [0, 0.05) is 23.2 Å². The Balaban J connectivity index is 2.06. The van der Waals surface area contributed by atoms with Gasteiger partial charge in [-0.3, -0.25) is 14.4 Å². The summed E-state index contributed by atoms with van der Waals surface area (Å²) >= 11 is 5.77. The Morgan fingerprint density at radius 2 is 1.76 bits per heavy atom. The smallest absolute Gasteiger partial charge is 0.311 e. The van der Waals surface area contributed by atoms with E-state index < -0.39 is 18.2 Å². The molecule has 0 aliphatic carbocycles. The van der Waals surface area contributed by atoms with Crippen LogP contribution in [-0.4, -0.2) is 27.6 Å². The lowest BCUT2D eigenvalue weighted by atomic mass is 10.0. The fourth-order valence-corrected chi connectivity index (χ4v) is 1.96. The maximum atomic E-state index is 12.1. The number of Topliss-reactive ketones (excluding diaryl/α,β-unsaturated/α-hetero) is 2. The van der Waals surface area contributed by atoms with E-state index in [-0.39, 0.29) is 17.9 Å². The van der Waals surface area contributed by atoms with E-state index in [0.29, 0.717) is 10.6 Å². The van der Waals surface area contributed by atoms with Crippen LogP contribution in [0.2, 0.25) is 5.02 Å². The zero-order valence-electron chi connectivity index (χ0n) is 10.9. The van der Waals surface area contributed by atoms with Gasteiger partial charge in [-0.2, -0.15) is 0 Å². The van der Waals surface area contributed by atoms with Gasteiger partial charge in [0.2, 0.25) is 0 Å². The number of nitrogens with one attached hydrogen (secondary N) is 1. The number of rotatable bonds is 6. The van der Waals surface area contributed by atoms with E-state index in [2.05, 4.69) is 4.98 Å². The molecule has 2 aromatic rings. The summed E-state index contributed by atoms with van der Waals surface area (Å²) in [5.74, 6) is -1.93. The fourth-order valence-electron chi connectivity index (χ4n) is 1.84. The van der Waals surface area contributed by atoms with Crippen molar-refractivity contribution >= 4 is 29.1 Å². The number of carbonyl (C=O) groups excluding carboxylic acids is 2. The number of carbonyl (C=O) groups is 3. The number of hydrogen-bond donors (Lipinski definition) is 2. The highest BCUT2D eigenvalue weighted by molar-refractivity contribution is 6.30. The van der Waals surface area contributed by atoms with Crippen molar-refractivity contribution in [2.24, 2.45) is 0 Å². The molecular formula is C15H12ClNO4. The zero-order chi connectivity index (χ0) is 15.4.